The van der Waals surface area contributed by atoms with Crippen LogP contribution >= 0.6 is 0 Å². The van der Waals surface area contributed by atoms with Gasteiger partial charge in [0.1, 0.15) is 0 Å². The summed E-state index contributed by atoms with van der Waals surface area (Å²) in [5.41, 5.74) is 2.73. The first kappa shape index (κ1) is 21.3. The van der Waals surface area contributed by atoms with Crippen LogP contribution in [0.25, 0.3) is 5.78 Å². The third-order valence-corrected chi connectivity index (χ3v) is 6.78. The Bertz CT molecular complexity index is 1400. The van der Waals surface area contributed by atoms with Crippen LogP contribution in [0.4, 0.5) is 5.82 Å². The predicted molar refractivity (Wildman–Crippen MR) is 125 cm³/mol. The lowest BCUT2D eigenvalue weighted by Crippen LogP contribution is -2.31. The highest BCUT2D eigenvalue weighted by atomic mass is 32.2. The molecule has 2 aromatic heterocycles. The Morgan fingerprint density at radius 3 is 2.64 bits per heavy atom. The molecule has 9 heteroatoms. The minimum absolute atomic E-state index is 0.0559. The molecule has 0 saturated heterocycles. The van der Waals surface area contributed by atoms with Gasteiger partial charge in [0.05, 0.1) is 18.5 Å². The van der Waals surface area contributed by atoms with Crippen LogP contribution in [0.2, 0.25) is 0 Å². The first-order valence-corrected chi connectivity index (χ1v) is 12.5. The van der Waals surface area contributed by atoms with E-state index in [4.69, 9.17) is 9.47 Å². The highest BCUT2D eigenvalue weighted by Crippen LogP contribution is 2.36. The van der Waals surface area contributed by atoms with Crippen LogP contribution in [0.1, 0.15) is 29.7 Å². The van der Waals surface area contributed by atoms with Gasteiger partial charge in [0.15, 0.2) is 17.3 Å². The molecular weight excluding hydrogens is 440 g/mol. The van der Waals surface area contributed by atoms with Crippen molar-refractivity contribution >= 4 is 21.6 Å². The predicted octanol–water partition coefficient (Wildman–Crippen LogP) is 3.77. The molecule has 5 rings (SSSR count). The first-order valence-electron chi connectivity index (χ1n) is 10.6. The average molecular weight is 465 g/mol. The minimum Gasteiger partial charge on any atom is -0.454 e. The van der Waals surface area contributed by atoms with Gasteiger partial charge < -0.3 is 9.47 Å². The second-order valence-corrected chi connectivity index (χ2v) is 10.1. The molecule has 0 aliphatic carbocycles. The molecule has 0 saturated carbocycles. The van der Waals surface area contributed by atoms with Crippen LogP contribution in [0.15, 0.2) is 67.0 Å². The minimum atomic E-state index is -3.61. The van der Waals surface area contributed by atoms with E-state index in [0.29, 0.717) is 18.0 Å². The van der Waals surface area contributed by atoms with Crippen LogP contribution in [-0.4, -0.2) is 35.8 Å². The van der Waals surface area contributed by atoms with Crippen molar-refractivity contribution in [3.8, 4) is 11.5 Å². The molecular formula is C24H24N4O4S. The second-order valence-electron chi connectivity index (χ2n) is 8.16. The summed E-state index contributed by atoms with van der Waals surface area (Å²) in [6.07, 6.45) is 5.39. The van der Waals surface area contributed by atoms with Crippen molar-refractivity contribution in [3.63, 3.8) is 0 Å². The van der Waals surface area contributed by atoms with Crippen molar-refractivity contribution in [1.29, 1.82) is 0 Å². The lowest BCUT2D eigenvalue weighted by atomic mass is 9.97. The maximum Gasteiger partial charge on any atom is 0.236 e. The van der Waals surface area contributed by atoms with E-state index in [1.807, 2.05) is 65.2 Å². The van der Waals surface area contributed by atoms with Crippen molar-refractivity contribution in [2.24, 2.45) is 0 Å². The van der Waals surface area contributed by atoms with Gasteiger partial charge in [-0.3, -0.25) is 4.40 Å². The van der Waals surface area contributed by atoms with Gasteiger partial charge in [-0.15, -0.1) is 0 Å². The van der Waals surface area contributed by atoms with Gasteiger partial charge >= 0.3 is 0 Å². The molecule has 0 radical (unpaired) electrons. The zero-order valence-electron chi connectivity index (χ0n) is 18.4. The van der Waals surface area contributed by atoms with Crippen molar-refractivity contribution < 1.29 is 17.9 Å². The molecule has 0 N–H and O–H groups in total. The molecule has 1 aliphatic rings. The molecule has 1 atom stereocenters. The lowest BCUT2D eigenvalue weighted by Gasteiger charge is -2.23. The van der Waals surface area contributed by atoms with Crippen molar-refractivity contribution in [3.05, 3.63) is 83.8 Å². The molecule has 0 fully saturated rings. The average Bonchev–Trinajstić information content (AvgIpc) is 3.41. The molecule has 3 heterocycles. The van der Waals surface area contributed by atoms with Crippen LogP contribution < -0.4 is 13.8 Å². The summed E-state index contributed by atoms with van der Waals surface area (Å²) < 4.78 is 40.0. The summed E-state index contributed by atoms with van der Waals surface area (Å²) in [5, 5.41) is 0. The van der Waals surface area contributed by atoms with Crippen molar-refractivity contribution in [2.75, 3.05) is 17.4 Å². The molecule has 4 aromatic rings. The van der Waals surface area contributed by atoms with E-state index in [1.54, 1.807) is 6.20 Å². The highest BCUT2D eigenvalue weighted by Gasteiger charge is 2.29. The number of fused-ring (bicyclic) bond motifs is 2. The maximum atomic E-state index is 12.9. The Morgan fingerprint density at radius 2 is 1.85 bits per heavy atom. The molecule has 33 heavy (non-hydrogen) atoms. The number of aromatic nitrogens is 3. The number of hydrogen-bond donors (Lipinski definition) is 0. The molecule has 0 amide bonds. The second kappa shape index (κ2) is 8.40. The van der Waals surface area contributed by atoms with Gasteiger partial charge in [0.25, 0.3) is 0 Å². The number of ether oxygens (including phenoxy) is 2. The number of imidazole rings is 1. The fourth-order valence-corrected chi connectivity index (χ4v) is 4.98. The Kier molecular flexibility index (Phi) is 5.41. The molecule has 1 unspecified atom stereocenters. The van der Waals surface area contributed by atoms with Crippen LogP contribution in [-0.2, 0) is 23.0 Å². The molecule has 8 nitrogen and oxygen atoms in total. The number of rotatable bonds is 7. The zero-order valence-corrected chi connectivity index (χ0v) is 19.2. The van der Waals surface area contributed by atoms with Crippen LogP contribution in [0, 0.1) is 0 Å². The van der Waals surface area contributed by atoms with Gasteiger partial charge in [-0.25, -0.2) is 17.7 Å². The summed E-state index contributed by atoms with van der Waals surface area (Å²) in [5.74, 6) is 2.26. The Balaban J connectivity index is 1.57. The number of benzene rings is 2. The van der Waals surface area contributed by atoms with E-state index in [9.17, 15) is 8.42 Å². The van der Waals surface area contributed by atoms with Gasteiger partial charge in [-0.05, 0) is 35.7 Å². The van der Waals surface area contributed by atoms with Crippen LogP contribution in [0.5, 0.6) is 11.5 Å². The van der Waals surface area contributed by atoms with Crippen molar-refractivity contribution in [1.82, 2.24) is 14.4 Å². The third-order valence-electron chi connectivity index (χ3n) is 5.67. The summed E-state index contributed by atoms with van der Waals surface area (Å²) in [6, 6.07) is 17.2. The van der Waals surface area contributed by atoms with Gasteiger partial charge in [-0.1, -0.05) is 43.3 Å². The Labute approximate surface area is 192 Å². The summed E-state index contributed by atoms with van der Waals surface area (Å²) in [7, 11) is -3.61. The SMILES string of the molecule is CC(Cc1ccc2c(c1)OCO2)c1c(N(Cc2ccccc2)S(C)(=O)=O)nc2ncccn12. The quantitative estimate of drug-likeness (QED) is 0.414. The number of nitrogens with zero attached hydrogens (tertiary/aromatic N) is 4. The largest absolute Gasteiger partial charge is 0.454 e. The van der Waals surface area contributed by atoms with Gasteiger partial charge in [0.2, 0.25) is 22.6 Å². The van der Waals surface area contributed by atoms with E-state index in [0.717, 1.165) is 28.3 Å². The Morgan fingerprint density at radius 1 is 1.06 bits per heavy atom. The number of anilines is 1. The molecule has 1 aliphatic heterocycles. The molecule has 170 valence electrons. The third kappa shape index (κ3) is 4.23. The maximum absolute atomic E-state index is 12.9. The van der Waals surface area contributed by atoms with E-state index in [1.165, 1.54) is 10.6 Å². The van der Waals surface area contributed by atoms with Crippen LogP contribution in [0.3, 0.4) is 0 Å². The zero-order chi connectivity index (χ0) is 23.0. The summed E-state index contributed by atoms with van der Waals surface area (Å²) >= 11 is 0. The van der Waals surface area contributed by atoms with Gasteiger partial charge in [0, 0.05) is 18.3 Å². The van der Waals surface area contributed by atoms with E-state index < -0.39 is 10.0 Å². The van der Waals surface area contributed by atoms with E-state index in [-0.39, 0.29) is 19.3 Å². The number of hydrogen-bond acceptors (Lipinski definition) is 6. The fourth-order valence-electron chi connectivity index (χ4n) is 4.15. The standard InChI is InChI=1S/C24H24N4O4S/c1-17(13-19-9-10-20-21(14-19)32-16-31-20)22-23(26-24-25-11-6-12-27(22)24)28(33(2,29)30)15-18-7-4-3-5-8-18/h3-12,14,17H,13,15-16H2,1-2H3. The Hall–Kier alpha value is -3.59. The molecule has 2 aromatic carbocycles. The first-order chi connectivity index (χ1) is 15.9. The normalized spacial score (nSPS) is 13.9. The van der Waals surface area contributed by atoms with E-state index in [2.05, 4.69) is 16.9 Å². The summed E-state index contributed by atoms with van der Waals surface area (Å²) in [4.78, 5) is 9.01. The topological polar surface area (TPSA) is 86.0 Å². The molecule has 0 bridgehead atoms. The highest BCUT2D eigenvalue weighted by molar-refractivity contribution is 7.92. The van der Waals surface area contributed by atoms with Gasteiger partial charge in [-0.2, -0.15) is 4.98 Å². The fraction of sp³-hybridized carbons (Fsp3) is 0.250. The summed E-state index contributed by atoms with van der Waals surface area (Å²) in [6.45, 7) is 2.47. The molecule has 0 spiro atoms. The number of sulfonamides is 1. The monoisotopic (exact) mass is 464 g/mol. The smallest absolute Gasteiger partial charge is 0.236 e. The van der Waals surface area contributed by atoms with E-state index >= 15 is 0 Å². The lowest BCUT2D eigenvalue weighted by molar-refractivity contribution is 0.174. The van der Waals surface area contributed by atoms with Crippen molar-refractivity contribution in [2.45, 2.75) is 25.8 Å².